The summed E-state index contributed by atoms with van der Waals surface area (Å²) >= 11 is 7.67. The van der Waals surface area contributed by atoms with Gasteiger partial charge in [-0.1, -0.05) is 35.9 Å². The van der Waals surface area contributed by atoms with Gasteiger partial charge in [0.15, 0.2) is 0 Å². The molecule has 27 heavy (non-hydrogen) atoms. The van der Waals surface area contributed by atoms with E-state index in [0.717, 1.165) is 21.3 Å². The van der Waals surface area contributed by atoms with Crippen LogP contribution in [0.2, 0.25) is 5.02 Å². The highest BCUT2D eigenvalue weighted by molar-refractivity contribution is 7.17. The van der Waals surface area contributed by atoms with Crippen LogP contribution in [0.15, 0.2) is 53.9 Å². The molecule has 0 aliphatic carbocycles. The maximum absolute atomic E-state index is 13.1. The van der Waals surface area contributed by atoms with E-state index < -0.39 is 5.97 Å². The second kappa shape index (κ2) is 6.64. The molecule has 0 atom stereocenters. The minimum Gasteiger partial charge on any atom is -0.478 e. The summed E-state index contributed by atoms with van der Waals surface area (Å²) in [6.45, 7) is 1.83. The number of carbonyl (C=O) groups excluding carboxylic acids is 1. The number of carboxylic acid groups (broad SMARTS) is 1. The standard InChI is InChI=1S/C20H13ClN2O3S/c1-11-3-2-4-15(21)16(11)18(24)23-19-14(9-10-27-19)17(22-23)12-5-7-13(8-6-12)20(25)26/h2-10H,1H3,(H,25,26). The summed E-state index contributed by atoms with van der Waals surface area (Å²) in [6, 6.07) is 13.6. The molecule has 0 amide bonds. The quantitative estimate of drug-likeness (QED) is 0.522. The Labute approximate surface area is 163 Å². The molecule has 0 bridgehead atoms. The molecular formula is C20H13ClN2O3S. The van der Waals surface area contributed by atoms with Crippen LogP contribution in [0.3, 0.4) is 0 Å². The average Bonchev–Trinajstić information content (AvgIpc) is 3.24. The summed E-state index contributed by atoms with van der Waals surface area (Å²) in [6.07, 6.45) is 0. The normalized spacial score (nSPS) is 11.0. The first-order valence-electron chi connectivity index (χ1n) is 8.07. The van der Waals surface area contributed by atoms with Crippen molar-refractivity contribution in [1.82, 2.24) is 9.78 Å². The number of carbonyl (C=O) groups is 2. The number of benzene rings is 2. The third-order valence-electron chi connectivity index (χ3n) is 4.33. The van der Waals surface area contributed by atoms with Crippen molar-refractivity contribution >= 4 is 45.0 Å². The van der Waals surface area contributed by atoms with Crippen LogP contribution in [0, 0.1) is 6.92 Å². The van der Waals surface area contributed by atoms with Crippen molar-refractivity contribution < 1.29 is 14.7 Å². The summed E-state index contributed by atoms with van der Waals surface area (Å²) in [5, 5.41) is 16.7. The number of hydrogen-bond donors (Lipinski definition) is 1. The molecule has 0 aliphatic heterocycles. The van der Waals surface area contributed by atoms with Crippen LogP contribution in [0.5, 0.6) is 0 Å². The van der Waals surface area contributed by atoms with E-state index in [2.05, 4.69) is 5.10 Å². The Hall–Kier alpha value is -2.96. The van der Waals surface area contributed by atoms with Crippen LogP contribution in [-0.4, -0.2) is 26.8 Å². The van der Waals surface area contributed by atoms with Gasteiger partial charge in [0.1, 0.15) is 10.5 Å². The van der Waals surface area contributed by atoms with Crippen molar-refractivity contribution in [3.05, 3.63) is 75.6 Å². The molecule has 1 N–H and O–H groups in total. The molecule has 5 nitrogen and oxygen atoms in total. The number of aromatic carboxylic acids is 1. The van der Waals surface area contributed by atoms with Gasteiger partial charge in [-0.15, -0.1) is 11.3 Å². The number of fused-ring (bicyclic) bond motifs is 1. The molecule has 0 spiro atoms. The Morgan fingerprint density at radius 1 is 1.11 bits per heavy atom. The van der Waals surface area contributed by atoms with Gasteiger partial charge in [-0.05, 0) is 42.1 Å². The van der Waals surface area contributed by atoms with E-state index in [4.69, 9.17) is 16.7 Å². The van der Waals surface area contributed by atoms with Crippen LogP contribution in [0.25, 0.3) is 21.5 Å². The van der Waals surface area contributed by atoms with E-state index in [1.807, 2.05) is 24.4 Å². The molecule has 0 aliphatic rings. The Bertz CT molecular complexity index is 1170. The molecule has 4 rings (SSSR count). The van der Waals surface area contributed by atoms with Gasteiger partial charge >= 0.3 is 5.97 Å². The van der Waals surface area contributed by atoms with Crippen LogP contribution < -0.4 is 0 Å². The van der Waals surface area contributed by atoms with Crippen molar-refractivity contribution in [3.63, 3.8) is 0 Å². The first kappa shape index (κ1) is 17.5. The van der Waals surface area contributed by atoms with Gasteiger partial charge in [0.05, 0.1) is 16.1 Å². The predicted molar refractivity (Wildman–Crippen MR) is 106 cm³/mol. The van der Waals surface area contributed by atoms with Crippen molar-refractivity contribution in [2.75, 3.05) is 0 Å². The van der Waals surface area contributed by atoms with Crippen molar-refractivity contribution in [2.45, 2.75) is 6.92 Å². The van der Waals surface area contributed by atoms with Gasteiger partial charge in [-0.2, -0.15) is 9.78 Å². The Balaban J connectivity index is 1.86. The van der Waals surface area contributed by atoms with Crippen LogP contribution in [0.4, 0.5) is 0 Å². The molecule has 2 aromatic carbocycles. The van der Waals surface area contributed by atoms with Gasteiger partial charge in [0, 0.05) is 10.9 Å². The van der Waals surface area contributed by atoms with Crippen LogP contribution in [-0.2, 0) is 0 Å². The number of aromatic nitrogens is 2. The highest BCUT2D eigenvalue weighted by Crippen LogP contribution is 2.33. The fraction of sp³-hybridized carbons (Fsp3) is 0.0500. The molecule has 0 saturated carbocycles. The van der Waals surface area contributed by atoms with E-state index in [9.17, 15) is 9.59 Å². The monoisotopic (exact) mass is 396 g/mol. The number of nitrogens with zero attached hydrogens (tertiary/aromatic N) is 2. The number of rotatable bonds is 3. The number of thiophene rings is 1. The topological polar surface area (TPSA) is 72.2 Å². The first-order valence-corrected chi connectivity index (χ1v) is 9.33. The van der Waals surface area contributed by atoms with Crippen molar-refractivity contribution in [3.8, 4) is 11.3 Å². The van der Waals surface area contributed by atoms with E-state index >= 15 is 0 Å². The Morgan fingerprint density at radius 3 is 2.52 bits per heavy atom. The summed E-state index contributed by atoms with van der Waals surface area (Å²) in [7, 11) is 0. The smallest absolute Gasteiger partial charge is 0.335 e. The zero-order valence-corrected chi connectivity index (χ0v) is 15.7. The average molecular weight is 397 g/mol. The lowest BCUT2D eigenvalue weighted by molar-refractivity contribution is 0.0696. The lowest BCUT2D eigenvalue weighted by Crippen LogP contribution is -2.15. The zero-order valence-electron chi connectivity index (χ0n) is 14.1. The van der Waals surface area contributed by atoms with Gasteiger partial charge in [0.25, 0.3) is 5.91 Å². The van der Waals surface area contributed by atoms with Gasteiger partial charge < -0.3 is 5.11 Å². The summed E-state index contributed by atoms with van der Waals surface area (Å²) in [5.74, 6) is -1.28. The summed E-state index contributed by atoms with van der Waals surface area (Å²) < 4.78 is 1.37. The predicted octanol–water partition coefficient (Wildman–Crippen LogP) is 5.11. The Morgan fingerprint density at radius 2 is 1.85 bits per heavy atom. The fourth-order valence-electron chi connectivity index (χ4n) is 2.98. The highest BCUT2D eigenvalue weighted by Gasteiger charge is 2.22. The number of carboxylic acids is 1. The third-order valence-corrected chi connectivity index (χ3v) is 5.53. The largest absolute Gasteiger partial charge is 0.478 e. The lowest BCUT2D eigenvalue weighted by atomic mass is 10.1. The van der Waals surface area contributed by atoms with E-state index in [-0.39, 0.29) is 11.5 Å². The molecule has 134 valence electrons. The van der Waals surface area contributed by atoms with Crippen LogP contribution in [0.1, 0.15) is 26.3 Å². The second-order valence-corrected chi connectivity index (χ2v) is 7.32. The third kappa shape index (κ3) is 2.93. The van der Waals surface area contributed by atoms with Crippen molar-refractivity contribution in [2.24, 2.45) is 0 Å². The molecular weight excluding hydrogens is 384 g/mol. The first-order chi connectivity index (χ1) is 13.0. The second-order valence-electron chi connectivity index (χ2n) is 6.02. The van der Waals surface area contributed by atoms with E-state index in [1.165, 1.54) is 28.2 Å². The number of halogens is 1. The molecule has 0 radical (unpaired) electrons. The van der Waals surface area contributed by atoms with Gasteiger partial charge in [-0.25, -0.2) is 4.79 Å². The number of aryl methyl sites for hydroxylation is 1. The molecule has 4 aromatic rings. The minimum absolute atomic E-state index is 0.197. The van der Waals surface area contributed by atoms with Gasteiger partial charge in [-0.3, -0.25) is 4.79 Å². The lowest BCUT2D eigenvalue weighted by Gasteiger charge is -2.07. The molecule has 0 unspecified atom stereocenters. The maximum Gasteiger partial charge on any atom is 0.335 e. The van der Waals surface area contributed by atoms with Crippen molar-refractivity contribution in [1.29, 1.82) is 0 Å². The minimum atomic E-state index is -0.989. The Kier molecular flexibility index (Phi) is 4.30. The fourth-order valence-corrected chi connectivity index (χ4v) is 4.13. The molecule has 0 saturated heterocycles. The molecule has 7 heteroatoms. The zero-order chi connectivity index (χ0) is 19.1. The van der Waals surface area contributed by atoms with E-state index in [0.29, 0.717) is 16.3 Å². The highest BCUT2D eigenvalue weighted by atomic mass is 35.5. The molecule has 2 aromatic heterocycles. The van der Waals surface area contributed by atoms with Gasteiger partial charge in [0.2, 0.25) is 0 Å². The van der Waals surface area contributed by atoms with E-state index in [1.54, 1.807) is 24.3 Å². The summed E-state index contributed by atoms with van der Waals surface area (Å²) in [4.78, 5) is 24.9. The number of hydrogen-bond acceptors (Lipinski definition) is 4. The van der Waals surface area contributed by atoms with Crippen LogP contribution >= 0.6 is 22.9 Å². The summed E-state index contributed by atoms with van der Waals surface area (Å²) in [5.41, 5.74) is 2.76. The molecule has 2 heterocycles. The maximum atomic E-state index is 13.1. The SMILES string of the molecule is Cc1cccc(Cl)c1C(=O)n1nc(-c2ccc(C(=O)O)cc2)c2ccsc21. The molecule has 0 fully saturated rings.